The third kappa shape index (κ3) is 6.87. The van der Waals surface area contributed by atoms with Crippen LogP contribution in [0, 0.1) is 20.8 Å². The maximum absolute atomic E-state index is 12.3. The highest BCUT2D eigenvalue weighted by molar-refractivity contribution is 9.10. The normalized spacial score (nSPS) is 14.3. The lowest BCUT2D eigenvalue weighted by atomic mass is 9.90. The minimum Gasteiger partial charge on any atom is -0.345 e. The number of aromatic nitrogens is 1. The molecular formula is C28H38BrN3O. The first-order valence-electron chi connectivity index (χ1n) is 11.7. The summed E-state index contributed by atoms with van der Waals surface area (Å²) in [5, 5.41) is 0. The van der Waals surface area contributed by atoms with Crippen molar-refractivity contribution < 1.29 is 4.79 Å². The maximum Gasteiger partial charge on any atom is 0.253 e. The fourth-order valence-corrected chi connectivity index (χ4v) is 4.82. The van der Waals surface area contributed by atoms with Crippen LogP contribution >= 0.6 is 15.9 Å². The Hall–Kier alpha value is -2.24. The smallest absolute Gasteiger partial charge is 0.253 e. The molecule has 0 spiro atoms. The van der Waals surface area contributed by atoms with Crippen LogP contribution in [0.1, 0.15) is 65.5 Å². The van der Waals surface area contributed by atoms with Crippen molar-refractivity contribution in [3.63, 3.8) is 0 Å². The molecule has 1 aromatic heterocycles. The Morgan fingerprint density at radius 2 is 1.82 bits per heavy atom. The van der Waals surface area contributed by atoms with Gasteiger partial charge in [0.05, 0.1) is 0 Å². The van der Waals surface area contributed by atoms with E-state index in [0.29, 0.717) is 0 Å². The Labute approximate surface area is 208 Å². The zero-order chi connectivity index (χ0) is 24.7. The van der Waals surface area contributed by atoms with E-state index in [2.05, 4.69) is 58.7 Å². The summed E-state index contributed by atoms with van der Waals surface area (Å²) < 4.78 is 1.09. The Balaban J connectivity index is 0.00000187. The number of pyridine rings is 1. The Kier molecular flexibility index (Phi) is 10.1. The van der Waals surface area contributed by atoms with E-state index in [0.717, 1.165) is 47.3 Å². The largest absolute Gasteiger partial charge is 0.345 e. The summed E-state index contributed by atoms with van der Waals surface area (Å²) in [4.78, 5) is 20.9. The molecule has 1 aromatic carbocycles. The van der Waals surface area contributed by atoms with Crippen LogP contribution in [0.3, 0.4) is 0 Å². The fourth-order valence-electron chi connectivity index (χ4n) is 4.30. The number of halogens is 1. The van der Waals surface area contributed by atoms with Gasteiger partial charge < -0.3 is 4.90 Å². The van der Waals surface area contributed by atoms with Crippen LogP contribution in [-0.2, 0) is 0 Å². The van der Waals surface area contributed by atoms with Crippen molar-refractivity contribution in [2.24, 2.45) is 0 Å². The first kappa shape index (κ1) is 27.0. The molecule has 2 aromatic rings. The van der Waals surface area contributed by atoms with E-state index in [1.165, 1.54) is 27.8 Å². The second-order valence-electron chi connectivity index (χ2n) is 8.68. The fraction of sp³-hybridized carbons (Fsp3) is 0.429. The molecule has 1 aliphatic heterocycles. The summed E-state index contributed by atoms with van der Waals surface area (Å²) in [6, 6.07) is 6.04. The van der Waals surface area contributed by atoms with Gasteiger partial charge in [0.1, 0.15) is 0 Å². The number of amides is 1. The second-order valence-corrected chi connectivity index (χ2v) is 9.54. The molecule has 0 saturated carbocycles. The van der Waals surface area contributed by atoms with Crippen LogP contribution in [0.25, 0.3) is 11.6 Å². The topological polar surface area (TPSA) is 36.4 Å². The Bertz CT molecular complexity index is 1010. The molecular weight excluding hydrogens is 474 g/mol. The zero-order valence-electron chi connectivity index (χ0n) is 21.4. The molecule has 0 bridgehead atoms. The van der Waals surface area contributed by atoms with Gasteiger partial charge in [0.25, 0.3) is 5.91 Å². The van der Waals surface area contributed by atoms with Gasteiger partial charge in [-0.3, -0.25) is 14.7 Å². The number of hydrogen-bond acceptors (Lipinski definition) is 3. The predicted molar refractivity (Wildman–Crippen MR) is 145 cm³/mol. The molecule has 0 aliphatic carbocycles. The van der Waals surface area contributed by atoms with Crippen molar-refractivity contribution in [2.45, 2.75) is 48.0 Å². The summed E-state index contributed by atoms with van der Waals surface area (Å²) in [6.07, 6.45) is 7.44. The van der Waals surface area contributed by atoms with E-state index < -0.39 is 0 Å². The number of benzene rings is 1. The van der Waals surface area contributed by atoms with E-state index in [4.69, 9.17) is 0 Å². The second kappa shape index (κ2) is 12.3. The van der Waals surface area contributed by atoms with Gasteiger partial charge >= 0.3 is 0 Å². The third-order valence-corrected chi connectivity index (χ3v) is 6.49. The van der Waals surface area contributed by atoms with Crippen molar-refractivity contribution in [2.75, 3.05) is 33.7 Å². The SMILES string of the molecule is C/C(=C\c1c(Br)ccnc1C)CN1CC=C(c2c(C)cc(C(=O)N(C)C)cc2C)CC1.CC. The molecule has 5 heteroatoms. The van der Waals surface area contributed by atoms with Crippen molar-refractivity contribution >= 4 is 33.5 Å². The number of nitrogens with zero attached hydrogens (tertiary/aromatic N) is 3. The van der Waals surface area contributed by atoms with Gasteiger partial charge in [-0.1, -0.05) is 47.5 Å². The van der Waals surface area contributed by atoms with Crippen LogP contribution in [0.15, 0.2) is 40.5 Å². The van der Waals surface area contributed by atoms with Crippen LogP contribution in [0.2, 0.25) is 0 Å². The molecule has 0 fully saturated rings. The molecule has 0 atom stereocenters. The van der Waals surface area contributed by atoms with Gasteiger partial charge in [-0.2, -0.15) is 0 Å². The van der Waals surface area contributed by atoms with Gasteiger partial charge in [-0.05, 0) is 74.6 Å². The predicted octanol–water partition coefficient (Wildman–Crippen LogP) is 6.69. The van der Waals surface area contributed by atoms with E-state index in [1.54, 1.807) is 19.0 Å². The standard InChI is InChI=1S/C26H32BrN3O.C2H6/c1-17(13-23-20(4)28-10-7-24(23)27)16-30-11-8-21(9-12-30)25-18(2)14-22(15-19(25)3)26(31)29(5)6;1-2/h7-8,10,13-15H,9,11-12,16H2,1-6H3;1-2H3/b17-13+;. The van der Waals surface area contributed by atoms with Gasteiger partial charge in [0.15, 0.2) is 0 Å². The average molecular weight is 513 g/mol. The van der Waals surface area contributed by atoms with E-state index in [-0.39, 0.29) is 5.91 Å². The van der Waals surface area contributed by atoms with Crippen LogP contribution in [0.4, 0.5) is 0 Å². The number of aryl methyl sites for hydroxylation is 3. The molecule has 0 N–H and O–H groups in total. The minimum absolute atomic E-state index is 0.0549. The van der Waals surface area contributed by atoms with Crippen molar-refractivity contribution in [3.8, 4) is 0 Å². The summed E-state index contributed by atoms with van der Waals surface area (Å²) >= 11 is 3.64. The highest BCUT2D eigenvalue weighted by atomic mass is 79.9. The highest BCUT2D eigenvalue weighted by Gasteiger charge is 2.18. The molecule has 0 unspecified atom stereocenters. The van der Waals surface area contributed by atoms with Crippen LogP contribution in [0.5, 0.6) is 0 Å². The van der Waals surface area contributed by atoms with Crippen molar-refractivity contribution in [1.82, 2.24) is 14.8 Å². The number of rotatable bonds is 5. The van der Waals surface area contributed by atoms with Gasteiger partial charge in [-0.25, -0.2) is 0 Å². The number of carbonyl (C=O) groups is 1. The van der Waals surface area contributed by atoms with E-state index >= 15 is 0 Å². The van der Waals surface area contributed by atoms with E-state index in [1.807, 2.05) is 45.2 Å². The molecule has 33 heavy (non-hydrogen) atoms. The quantitative estimate of drug-likeness (QED) is 0.448. The van der Waals surface area contributed by atoms with Gasteiger partial charge in [-0.15, -0.1) is 0 Å². The molecule has 1 aliphatic rings. The lowest BCUT2D eigenvalue weighted by molar-refractivity contribution is 0.0827. The molecule has 1 amide bonds. The monoisotopic (exact) mass is 511 g/mol. The summed E-state index contributed by atoms with van der Waals surface area (Å²) in [7, 11) is 3.59. The van der Waals surface area contributed by atoms with Crippen molar-refractivity contribution in [3.05, 3.63) is 74.0 Å². The molecule has 0 radical (unpaired) electrons. The number of carbonyl (C=O) groups excluding carboxylic acids is 1. The summed E-state index contributed by atoms with van der Waals surface area (Å²) in [5.74, 6) is 0.0549. The highest BCUT2D eigenvalue weighted by Crippen LogP contribution is 2.30. The molecule has 4 nitrogen and oxygen atoms in total. The lowest BCUT2D eigenvalue weighted by Crippen LogP contribution is -2.30. The first-order chi connectivity index (χ1) is 15.7. The summed E-state index contributed by atoms with van der Waals surface area (Å²) in [6.45, 7) is 15.4. The van der Waals surface area contributed by atoms with E-state index in [9.17, 15) is 4.79 Å². The molecule has 3 rings (SSSR count). The third-order valence-electron chi connectivity index (χ3n) is 5.80. The molecule has 2 heterocycles. The first-order valence-corrected chi connectivity index (χ1v) is 12.5. The Morgan fingerprint density at radius 1 is 1.18 bits per heavy atom. The molecule has 178 valence electrons. The average Bonchev–Trinajstić information content (AvgIpc) is 2.78. The number of hydrogen-bond donors (Lipinski definition) is 0. The zero-order valence-corrected chi connectivity index (χ0v) is 23.0. The maximum atomic E-state index is 12.3. The van der Waals surface area contributed by atoms with Crippen LogP contribution < -0.4 is 0 Å². The molecule has 0 saturated heterocycles. The van der Waals surface area contributed by atoms with Crippen LogP contribution in [-0.4, -0.2) is 54.4 Å². The minimum atomic E-state index is 0.0549. The van der Waals surface area contributed by atoms with Gasteiger partial charge in [0, 0.05) is 61.2 Å². The van der Waals surface area contributed by atoms with Crippen molar-refractivity contribution in [1.29, 1.82) is 0 Å². The summed E-state index contributed by atoms with van der Waals surface area (Å²) in [5.41, 5.74) is 9.34. The Morgan fingerprint density at radius 3 is 2.33 bits per heavy atom. The lowest BCUT2D eigenvalue weighted by Gasteiger charge is -2.28. The van der Waals surface area contributed by atoms with Gasteiger partial charge in [0.2, 0.25) is 0 Å².